The smallest absolute Gasteiger partial charge is 0.303 e. The fourth-order valence-electron chi connectivity index (χ4n) is 5.69. The fourth-order valence-corrected chi connectivity index (χ4v) is 5.69. The minimum atomic E-state index is -1.80. The molecule has 14 nitrogen and oxygen atoms in total. The molecule has 1 aliphatic heterocycles. The normalized spacial score (nSPS) is 34.5. The van der Waals surface area contributed by atoms with Crippen LogP contribution in [0.3, 0.4) is 0 Å². The molecule has 2 rings (SSSR count). The van der Waals surface area contributed by atoms with Crippen molar-refractivity contribution in [2.45, 2.75) is 129 Å². The quantitative estimate of drug-likeness (QED) is 0.203. The van der Waals surface area contributed by atoms with E-state index in [2.05, 4.69) is 0 Å². The Labute approximate surface area is 250 Å². The molecular formula is C29H44O14. The summed E-state index contributed by atoms with van der Waals surface area (Å²) in [6.45, 7) is 11.8. The van der Waals surface area contributed by atoms with E-state index in [-0.39, 0.29) is 12.8 Å². The van der Waals surface area contributed by atoms with Crippen LogP contribution in [0.2, 0.25) is 0 Å². The Bertz CT molecular complexity index is 1060. The van der Waals surface area contributed by atoms with Gasteiger partial charge in [-0.1, -0.05) is 19.9 Å². The Morgan fingerprint density at radius 1 is 0.814 bits per heavy atom. The van der Waals surface area contributed by atoms with E-state index >= 15 is 0 Å². The number of carbonyl (C=O) groups is 5. The van der Waals surface area contributed by atoms with Crippen LogP contribution >= 0.6 is 0 Å². The summed E-state index contributed by atoms with van der Waals surface area (Å²) in [5.41, 5.74) is -4.62. The molecule has 1 saturated carbocycles. The molecule has 0 spiro atoms. The molecule has 2 aliphatic rings. The second-order valence-corrected chi connectivity index (χ2v) is 11.8. The highest BCUT2D eigenvalue weighted by Gasteiger charge is 2.60. The Balaban J connectivity index is 2.46. The Morgan fingerprint density at radius 2 is 1.35 bits per heavy atom. The minimum absolute atomic E-state index is 0.133. The van der Waals surface area contributed by atoms with Crippen LogP contribution in [0.4, 0.5) is 0 Å². The first kappa shape index (κ1) is 36.1. The van der Waals surface area contributed by atoms with E-state index in [1.807, 2.05) is 0 Å². The largest absolute Gasteiger partial charge is 0.463 e. The summed E-state index contributed by atoms with van der Waals surface area (Å²) in [4.78, 5) is 59.1. The fraction of sp³-hybridized carbons (Fsp3) is 0.759. The van der Waals surface area contributed by atoms with Gasteiger partial charge >= 0.3 is 29.8 Å². The maximum absolute atomic E-state index is 12.1. The second-order valence-electron chi connectivity index (χ2n) is 11.8. The molecule has 1 aliphatic carbocycles. The lowest BCUT2D eigenvalue weighted by atomic mass is 9.57. The van der Waals surface area contributed by atoms with E-state index in [1.165, 1.54) is 26.0 Å². The molecule has 0 radical (unpaired) electrons. The third-order valence-electron chi connectivity index (χ3n) is 7.45. The molecule has 2 N–H and O–H groups in total. The molecule has 1 heterocycles. The van der Waals surface area contributed by atoms with Gasteiger partial charge in [-0.15, -0.1) is 0 Å². The summed E-state index contributed by atoms with van der Waals surface area (Å²) in [6, 6.07) is 0. The van der Waals surface area contributed by atoms with Crippen molar-refractivity contribution in [2.75, 3.05) is 6.61 Å². The number of aliphatic hydroxyl groups is 2. The number of esters is 5. The van der Waals surface area contributed by atoms with Crippen LogP contribution in [-0.2, 0) is 57.1 Å². The van der Waals surface area contributed by atoms with Crippen molar-refractivity contribution in [1.82, 2.24) is 0 Å². The predicted molar refractivity (Wildman–Crippen MR) is 146 cm³/mol. The van der Waals surface area contributed by atoms with Crippen molar-refractivity contribution < 1.29 is 67.3 Å². The van der Waals surface area contributed by atoms with Gasteiger partial charge in [0, 0.05) is 46.5 Å². The molecule has 2 fully saturated rings. The third kappa shape index (κ3) is 9.21. The van der Waals surface area contributed by atoms with Crippen LogP contribution in [0.25, 0.3) is 0 Å². The zero-order valence-electron chi connectivity index (χ0n) is 26.1. The molecule has 14 heteroatoms. The molecule has 0 unspecified atom stereocenters. The molecule has 0 aromatic heterocycles. The van der Waals surface area contributed by atoms with E-state index in [0.717, 1.165) is 27.7 Å². The van der Waals surface area contributed by atoms with Crippen LogP contribution in [0, 0.1) is 5.41 Å². The van der Waals surface area contributed by atoms with Crippen molar-refractivity contribution in [3.8, 4) is 0 Å². The van der Waals surface area contributed by atoms with E-state index in [4.69, 9.17) is 33.2 Å². The number of rotatable bonds is 10. The van der Waals surface area contributed by atoms with Crippen LogP contribution < -0.4 is 0 Å². The first-order valence-corrected chi connectivity index (χ1v) is 14.0. The highest BCUT2D eigenvalue weighted by atomic mass is 16.7. The Hall–Kier alpha value is -3.07. The summed E-state index contributed by atoms with van der Waals surface area (Å²) in [5.74, 6) is -3.49. The number of hydrogen-bond acceptors (Lipinski definition) is 14. The lowest BCUT2D eigenvalue weighted by Gasteiger charge is -2.56. The van der Waals surface area contributed by atoms with E-state index in [9.17, 15) is 34.2 Å². The van der Waals surface area contributed by atoms with Crippen molar-refractivity contribution in [2.24, 2.45) is 5.41 Å². The SMILES string of the molecule is CC(=O)OC[C@H]1O[C@@H](O[C@H]2CC(C)(C)[C@](O)(/C=C/[C@@H](C)OC(C)=O)[C@](C)(O)C2)[C@H](OC(C)=O)[C@@H](OC(C)=O)[C@@H]1OC(C)=O. The van der Waals surface area contributed by atoms with Crippen molar-refractivity contribution >= 4 is 29.8 Å². The Kier molecular flexibility index (Phi) is 11.9. The zero-order valence-corrected chi connectivity index (χ0v) is 26.1. The summed E-state index contributed by atoms with van der Waals surface area (Å²) >= 11 is 0. The van der Waals surface area contributed by atoms with Gasteiger partial charge in [-0.25, -0.2) is 0 Å². The molecule has 43 heavy (non-hydrogen) atoms. The molecule has 9 atom stereocenters. The van der Waals surface area contributed by atoms with Gasteiger partial charge in [0.15, 0.2) is 24.6 Å². The Morgan fingerprint density at radius 3 is 1.84 bits per heavy atom. The molecule has 0 aromatic carbocycles. The number of ether oxygens (including phenoxy) is 7. The lowest BCUT2D eigenvalue weighted by Crippen LogP contribution is -2.67. The van der Waals surface area contributed by atoms with Gasteiger partial charge in [-0.3, -0.25) is 24.0 Å². The van der Waals surface area contributed by atoms with Gasteiger partial charge in [0.25, 0.3) is 0 Å². The van der Waals surface area contributed by atoms with E-state index in [1.54, 1.807) is 20.8 Å². The first-order chi connectivity index (χ1) is 19.7. The summed E-state index contributed by atoms with van der Waals surface area (Å²) in [5, 5.41) is 23.3. The monoisotopic (exact) mass is 616 g/mol. The minimum Gasteiger partial charge on any atom is -0.463 e. The van der Waals surface area contributed by atoms with Gasteiger partial charge in [-0.05, 0) is 26.3 Å². The van der Waals surface area contributed by atoms with Crippen molar-refractivity contribution in [3.05, 3.63) is 12.2 Å². The lowest BCUT2D eigenvalue weighted by molar-refractivity contribution is -0.329. The van der Waals surface area contributed by atoms with Gasteiger partial charge in [-0.2, -0.15) is 0 Å². The summed E-state index contributed by atoms with van der Waals surface area (Å²) < 4.78 is 38.8. The third-order valence-corrected chi connectivity index (χ3v) is 7.45. The molecule has 0 bridgehead atoms. The van der Waals surface area contributed by atoms with Gasteiger partial charge in [0.1, 0.15) is 24.4 Å². The van der Waals surface area contributed by atoms with Gasteiger partial charge in [0.2, 0.25) is 0 Å². The second kappa shape index (κ2) is 14.1. The van der Waals surface area contributed by atoms with E-state index in [0.29, 0.717) is 0 Å². The summed E-state index contributed by atoms with van der Waals surface area (Å²) in [6.07, 6.45) is -5.40. The molecule has 0 amide bonds. The average Bonchev–Trinajstić information content (AvgIpc) is 2.82. The molecular weight excluding hydrogens is 572 g/mol. The van der Waals surface area contributed by atoms with Crippen LogP contribution in [0.15, 0.2) is 12.2 Å². The number of carbonyl (C=O) groups excluding carboxylic acids is 5. The number of hydrogen-bond donors (Lipinski definition) is 2. The van der Waals surface area contributed by atoms with Gasteiger partial charge in [0.05, 0.1) is 11.7 Å². The van der Waals surface area contributed by atoms with Crippen LogP contribution in [0.1, 0.15) is 75.2 Å². The predicted octanol–water partition coefficient (Wildman–Crippen LogP) is 1.26. The van der Waals surface area contributed by atoms with Crippen LogP contribution in [-0.4, -0.2) is 101 Å². The maximum Gasteiger partial charge on any atom is 0.303 e. The van der Waals surface area contributed by atoms with Crippen molar-refractivity contribution in [1.29, 1.82) is 0 Å². The average molecular weight is 617 g/mol. The molecule has 0 aromatic rings. The first-order valence-electron chi connectivity index (χ1n) is 14.0. The van der Waals surface area contributed by atoms with Crippen LogP contribution in [0.5, 0.6) is 0 Å². The highest BCUT2D eigenvalue weighted by molar-refractivity contribution is 5.69. The van der Waals surface area contributed by atoms with E-state index < -0.39 is 96.0 Å². The molecule has 244 valence electrons. The highest BCUT2D eigenvalue weighted by Crippen LogP contribution is 2.51. The molecule has 1 saturated heterocycles. The zero-order chi connectivity index (χ0) is 32.9. The topological polar surface area (TPSA) is 190 Å². The standard InChI is InChI=1S/C29H44O14/c1-15(38-17(3)31)10-11-29(36)27(7,8)12-21(13-28(29,9)35)42-26-25(41-20(6)34)24(40-19(5)33)23(39-18(4)32)22(43-26)14-37-16(2)30/h10-11,15,21-26,35-36H,12-14H2,1-9H3/b11-10+/t15-,21+,22-,23-,24+,25-,26-,28-,29-/m1/s1. The summed E-state index contributed by atoms with van der Waals surface area (Å²) in [7, 11) is 0. The van der Waals surface area contributed by atoms with Crippen molar-refractivity contribution in [3.63, 3.8) is 0 Å². The van der Waals surface area contributed by atoms with Gasteiger partial charge < -0.3 is 43.4 Å². The maximum atomic E-state index is 12.1.